The van der Waals surface area contributed by atoms with Crippen LogP contribution in [0.25, 0.3) is 11.6 Å². The van der Waals surface area contributed by atoms with Crippen molar-refractivity contribution in [1.82, 2.24) is 20.1 Å². The number of hydrogen-bond acceptors (Lipinski definition) is 6. The van der Waals surface area contributed by atoms with E-state index in [1.165, 1.54) is 11.8 Å². The SMILES string of the molecule is COc1ccccc1CNC(=O)CSc1nnc(-c2ccco2)n1Cc1ccccc1. The average Bonchev–Trinajstić information content (AvgIpc) is 3.47. The Bertz CT molecular complexity index is 1130. The summed E-state index contributed by atoms with van der Waals surface area (Å²) in [5, 5.41) is 12.2. The molecule has 7 nitrogen and oxygen atoms in total. The fourth-order valence-corrected chi connectivity index (χ4v) is 3.88. The topological polar surface area (TPSA) is 82.2 Å². The number of furan rings is 1. The second-order valence-corrected chi connectivity index (χ2v) is 7.67. The first-order chi connectivity index (χ1) is 15.2. The van der Waals surface area contributed by atoms with Gasteiger partial charge in [0.2, 0.25) is 11.7 Å². The Hall–Kier alpha value is -3.52. The lowest BCUT2D eigenvalue weighted by molar-refractivity contribution is -0.118. The fraction of sp³-hybridized carbons (Fsp3) is 0.174. The third-order valence-corrected chi connectivity index (χ3v) is 5.61. The molecule has 0 bridgehead atoms. The van der Waals surface area contributed by atoms with Gasteiger partial charge in [0.1, 0.15) is 5.75 Å². The lowest BCUT2D eigenvalue weighted by atomic mass is 10.2. The standard InChI is InChI=1S/C23H22N4O3S/c1-29-19-11-6-5-10-18(19)14-24-21(28)16-31-23-26-25-22(20-12-7-13-30-20)27(23)15-17-8-3-2-4-9-17/h2-13H,14-16H2,1H3,(H,24,28). The van der Waals surface area contributed by atoms with Crippen molar-refractivity contribution in [2.45, 2.75) is 18.2 Å². The Balaban J connectivity index is 1.44. The van der Waals surface area contributed by atoms with E-state index in [4.69, 9.17) is 9.15 Å². The van der Waals surface area contributed by atoms with Crippen LogP contribution in [-0.2, 0) is 17.9 Å². The van der Waals surface area contributed by atoms with Crippen LogP contribution >= 0.6 is 11.8 Å². The number of rotatable bonds is 9. The van der Waals surface area contributed by atoms with Gasteiger partial charge in [0.25, 0.3) is 0 Å². The number of aromatic nitrogens is 3. The molecule has 2 aromatic heterocycles. The van der Waals surface area contributed by atoms with E-state index in [0.717, 1.165) is 16.9 Å². The number of methoxy groups -OCH3 is 1. The van der Waals surface area contributed by atoms with Crippen molar-refractivity contribution in [1.29, 1.82) is 0 Å². The Morgan fingerprint density at radius 2 is 1.87 bits per heavy atom. The van der Waals surface area contributed by atoms with Crippen LogP contribution in [0.15, 0.2) is 82.6 Å². The van der Waals surface area contributed by atoms with Crippen molar-refractivity contribution in [2.24, 2.45) is 0 Å². The van der Waals surface area contributed by atoms with Gasteiger partial charge in [0.05, 0.1) is 25.7 Å². The highest BCUT2D eigenvalue weighted by Gasteiger charge is 2.18. The van der Waals surface area contributed by atoms with E-state index in [2.05, 4.69) is 15.5 Å². The molecule has 0 saturated heterocycles. The van der Waals surface area contributed by atoms with Gasteiger partial charge in [0.15, 0.2) is 10.9 Å². The van der Waals surface area contributed by atoms with E-state index in [9.17, 15) is 4.79 Å². The zero-order valence-electron chi connectivity index (χ0n) is 17.0. The zero-order chi connectivity index (χ0) is 21.5. The van der Waals surface area contributed by atoms with E-state index in [0.29, 0.717) is 29.8 Å². The molecular formula is C23H22N4O3S. The summed E-state index contributed by atoms with van der Waals surface area (Å²) in [6.45, 7) is 0.979. The van der Waals surface area contributed by atoms with Crippen molar-refractivity contribution in [3.8, 4) is 17.3 Å². The van der Waals surface area contributed by atoms with E-state index in [-0.39, 0.29) is 11.7 Å². The minimum atomic E-state index is -0.0929. The molecule has 4 rings (SSSR count). The summed E-state index contributed by atoms with van der Waals surface area (Å²) in [6.07, 6.45) is 1.61. The number of carbonyl (C=O) groups is 1. The van der Waals surface area contributed by atoms with Gasteiger partial charge in [-0.3, -0.25) is 9.36 Å². The van der Waals surface area contributed by atoms with E-state index in [1.807, 2.05) is 71.3 Å². The van der Waals surface area contributed by atoms with Crippen LogP contribution in [0, 0.1) is 0 Å². The molecule has 0 radical (unpaired) electrons. The third-order valence-electron chi connectivity index (χ3n) is 4.64. The molecule has 0 aliphatic rings. The van der Waals surface area contributed by atoms with E-state index < -0.39 is 0 Å². The van der Waals surface area contributed by atoms with Gasteiger partial charge in [-0.15, -0.1) is 10.2 Å². The van der Waals surface area contributed by atoms with Gasteiger partial charge in [-0.1, -0.05) is 60.3 Å². The highest BCUT2D eigenvalue weighted by atomic mass is 32.2. The summed E-state index contributed by atoms with van der Waals surface area (Å²) in [5.74, 6) is 2.15. The van der Waals surface area contributed by atoms with Gasteiger partial charge in [-0.05, 0) is 23.8 Å². The molecule has 0 fully saturated rings. The number of nitrogens with zero attached hydrogens (tertiary/aromatic N) is 3. The highest BCUT2D eigenvalue weighted by Crippen LogP contribution is 2.25. The second-order valence-electron chi connectivity index (χ2n) is 6.73. The summed E-state index contributed by atoms with van der Waals surface area (Å²) in [5.41, 5.74) is 2.04. The summed E-state index contributed by atoms with van der Waals surface area (Å²) in [6, 6.07) is 21.3. The molecule has 158 valence electrons. The molecule has 1 amide bonds. The van der Waals surface area contributed by atoms with Crippen LogP contribution in [0.5, 0.6) is 5.75 Å². The Labute approximate surface area is 184 Å². The van der Waals surface area contributed by atoms with Crippen LogP contribution in [0.2, 0.25) is 0 Å². The smallest absolute Gasteiger partial charge is 0.230 e. The van der Waals surface area contributed by atoms with Crippen molar-refractivity contribution in [3.05, 3.63) is 84.1 Å². The minimum absolute atomic E-state index is 0.0929. The number of para-hydroxylation sites is 1. The average molecular weight is 435 g/mol. The lowest BCUT2D eigenvalue weighted by Crippen LogP contribution is -2.25. The monoisotopic (exact) mass is 434 g/mol. The largest absolute Gasteiger partial charge is 0.496 e. The third kappa shape index (κ3) is 5.16. The molecule has 1 N–H and O–H groups in total. The Morgan fingerprint density at radius 3 is 2.65 bits per heavy atom. The molecule has 0 aliphatic carbocycles. The van der Waals surface area contributed by atoms with Crippen LogP contribution in [0.4, 0.5) is 0 Å². The van der Waals surface area contributed by atoms with E-state index >= 15 is 0 Å². The second kappa shape index (κ2) is 9.99. The first kappa shape index (κ1) is 20.7. The molecule has 2 heterocycles. The quantitative estimate of drug-likeness (QED) is 0.401. The van der Waals surface area contributed by atoms with Gasteiger partial charge in [-0.25, -0.2) is 0 Å². The number of amides is 1. The van der Waals surface area contributed by atoms with Crippen LogP contribution in [0.1, 0.15) is 11.1 Å². The summed E-state index contributed by atoms with van der Waals surface area (Å²) < 4.78 is 12.8. The molecular weight excluding hydrogens is 412 g/mol. The molecule has 0 atom stereocenters. The highest BCUT2D eigenvalue weighted by molar-refractivity contribution is 7.99. The van der Waals surface area contributed by atoms with Gasteiger partial charge >= 0.3 is 0 Å². The zero-order valence-corrected chi connectivity index (χ0v) is 17.8. The minimum Gasteiger partial charge on any atom is -0.496 e. The maximum Gasteiger partial charge on any atom is 0.230 e. The maximum absolute atomic E-state index is 12.4. The van der Waals surface area contributed by atoms with Crippen molar-refractivity contribution in [3.63, 3.8) is 0 Å². The first-order valence-electron chi connectivity index (χ1n) is 9.77. The Morgan fingerprint density at radius 1 is 1.06 bits per heavy atom. The number of benzene rings is 2. The molecule has 8 heteroatoms. The van der Waals surface area contributed by atoms with Crippen molar-refractivity contribution in [2.75, 3.05) is 12.9 Å². The fourth-order valence-electron chi connectivity index (χ4n) is 3.12. The number of hydrogen-bond donors (Lipinski definition) is 1. The maximum atomic E-state index is 12.4. The van der Waals surface area contributed by atoms with E-state index in [1.54, 1.807) is 13.4 Å². The van der Waals surface area contributed by atoms with Crippen LogP contribution in [-0.4, -0.2) is 33.5 Å². The normalized spacial score (nSPS) is 10.7. The van der Waals surface area contributed by atoms with Crippen LogP contribution < -0.4 is 10.1 Å². The summed E-state index contributed by atoms with van der Waals surface area (Å²) in [4.78, 5) is 12.4. The summed E-state index contributed by atoms with van der Waals surface area (Å²) in [7, 11) is 1.62. The summed E-state index contributed by atoms with van der Waals surface area (Å²) >= 11 is 1.34. The predicted molar refractivity (Wildman–Crippen MR) is 119 cm³/mol. The van der Waals surface area contributed by atoms with Gasteiger partial charge in [-0.2, -0.15) is 0 Å². The number of ether oxygens (including phenoxy) is 1. The molecule has 0 unspecified atom stereocenters. The van der Waals surface area contributed by atoms with Gasteiger partial charge in [0, 0.05) is 12.1 Å². The Kier molecular flexibility index (Phi) is 6.68. The number of carbonyl (C=O) groups excluding carboxylic acids is 1. The molecule has 0 spiro atoms. The first-order valence-corrected chi connectivity index (χ1v) is 10.8. The lowest BCUT2D eigenvalue weighted by Gasteiger charge is -2.11. The molecule has 4 aromatic rings. The molecule has 0 saturated carbocycles. The molecule has 31 heavy (non-hydrogen) atoms. The molecule has 0 aliphatic heterocycles. The number of thioether (sulfide) groups is 1. The number of nitrogens with one attached hydrogen (secondary N) is 1. The predicted octanol–water partition coefficient (Wildman–Crippen LogP) is 4.00. The van der Waals surface area contributed by atoms with Crippen molar-refractivity contribution >= 4 is 17.7 Å². The van der Waals surface area contributed by atoms with Crippen LogP contribution in [0.3, 0.4) is 0 Å². The molecule has 2 aromatic carbocycles. The van der Waals surface area contributed by atoms with Gasteiger partial charge < -0.3 is 14.5 Å². The van der Waals surface area contributed by atoms with Crippen molar-refractivity contribution < 1.29 is 13.9 Å².